The number of ether oxygens (including phenoxy) is 1. The number of rotatable bonds is 4. The van der Waals surface area contributed by atoms with Gasteiger partial charge in [-0.05, 0) is 40.4 Å². The fraction of sp³-hybridized carbons (Fsp3) is 0.0667. The third kappa shape index (κ3) is 2.72. The van der Waals surface area contributed by atoms with Crippen molar-refractivity contribution in [3.05, 3.63) is 69.8 Å². The number of nitrogens with zero attached hydrogens (tertiary/aromatic N) is 5. The van der Waals surface area contributed by atoms with E-state index in [0.29, 0.717) is 10.7 Å². The van der Waals surface area contributed by atoms with Crippen LogP contribution in [0.2, 0.25) is 0 Å². The summed E-state index contributed by atoms with van der Waals surface area (Å²) in [5, 5.41) is 22.9. The molecule has 1 unspecified atom stereocenters. The number of fused-ring (bicyclic) bond motifs is 1. The Labute approximate surface area is 144 Å². The summed E-state index contributed by atoms with van der Waals surface area (Å²) < 4.78 is 6.85. The molecule has 1 aliphatic heterocycles. The van der Waals surface area contributed by atoms with Crippen molar-refractivity contribution >= 4 is 23.4 Å². The van der Waals surface area contributed by atoms with E-state index in [2.05, 4.69) is 15.5 Å². The standard InChI is InChI=1S/C15H9N5O4S/c21-13-12-8-10(20(22)23)6-7-11(12)14(24-13)25-15-16-17-18-19(15)9-4-2-1-3-5-9/h1-8,14H. The Kier molecular flexibility index (Phi) is 3.65. The molecule has 0 radical (unpaired) electrons. The van der Waals surface area contributed by atoms with Gasteiger partial charge >= 0.3 is 5.97 Å². The Balaban J connectivity index is 1.66. The Morgan fingerprint density at radius 2 is 2.00 bits per heavy atom. The molecule has 0 bridgehead atoms. The van der Waals surface area contributed by atoms with Crippen LogP contribution in [0.3, 0.4) is 0 Å². The SMILES string of the molecule is O=C1OC(Sc2nnnn2-c2ccccc2)c2ccc([N+](=O)[O-])cc21. The van der Waals surface area contributed by atoms with Gasteiger partial charge in [0, 0.05) is 17.7 Å². The largest absolute Gasteiger partial charge is 0.442 e. The zero-order valence-electron chi connectivity index (χ0n) is 12.5. The lowest BCUT2D eigenvalue weighted by Crippen LogP contribution is -2.01. The fourth-order valence-electron chi connectivity index (χ4n) is 2.43. The van der Waals surface area contributed by atoms with Gasteiger partial charge < -0.3 is 4.74 Å². The number of cyclic esters (lactones) is 1. The summed E-state index contributed by atoms with van der Waals surface area (Å²) in [6, 6.07) is 13.4. The second kappa shape index (κ2) is 5.98. The van der Waals surface area contributed by atoms with E-state index in [9.17, 15) is 14.9 Å². The highest BCUT2D eigenvalue weighted by Crippen LogP contribution is 2.43. The topological polar surface area (TPSA) is 113 Å². The zero-order valence-corrected chi connectivity index (χ0v) is 13.3. The summed E-state index contributed by atoms with van der Waals surface area (Å²) in [7, 11) is 0. The first kappa shape index (κ1) is 15.3. The fourth-order valence-corrected chi connectivity index (χ4v) is 3.42. The first-order valence-corrected chi connectivity index (χ1v) is 8.01. The first-order valence-electron chi connectivity index (χ1n) is 7.13. The molecular formula is C15H9N5O4S. The average molecular weight is 355 g/mol. The molecule has 1 atom stereocenters. The van der Waals surface area contributed by atoms with Crippen molar-refractivity contribution in [1.29, 1.82) is 0 Å². The highest BCUT2D eigenvalue weighted by molar-refractivity contribution is 7.99. The molecule has 0 spiro atoms. The predicted octanol–water partition coefficient (Wildman–Crippen LogP) is 2.53. The van der Waals surface area contributed by atoms with Gasteiger partial charge in [-0.1, -0.05) is 18.2 Å². The number of carbonyl (C=O) groups is 1. The Hall–Kier alpha value is -3.27. The lowest BCUT2D eigenvalue weighted by atomic mass is 10.1. The number of hydrogen-bond donors (Lipinski definition) is 0. The molecule has 1 aromatic heterocycles. The Bertz CT molecular complexity index is 975. The number of thioether (sulfide) groups is 1. The quantitative estimate of drug-likeness (QED) is 0.398. The van der Waals surface area contributed by atoms with Gasteiger partial charge in [0.1, 0.15) is 0 Å². The molecule has 0 saturated heterocycles. The van der Waals surface area contributed by atoms with Gasteiger partial charge in [-0.15, -0.1) is 5.10 Å². The molecule has 124 valence electrons. The van der Waals surface area contributed by atoms with Crippen molar-refractivity contribution in [1.82, 2.24) is 20.2 Å². The minimum Gasteiger partial charge on any atom is -0.442 e. The molecule has 25 heavy (non-hydrogen) atoms. The van der Waals surface area contributed by atoms with Gasteiger partial charge in [0.15, 0.2) is 5.44 Å². The molecule has 10 heteroatoms. The molecule has 2 aromatic carbocycles. The highest BCUT2D eigenvalue weighted by atomic mass is 32.2. The van der Waals surface area contributed by atoms with Crippen molar-refractivity contribution < 1.29 is 14.5 Å². The maximum atomic E-state index is 12.0. The third-order valence-corrected chi connectivity index (χ3v) is 4.62. The number of para-hydroxylation sites is 1. The average Bonchev–Trinajstić information content (AvgIpc) is 3.21. The number of esters is 1. The van der Waals surface area contributed by atoms with Crippen LogP contribution in [0.25, 0.3) is 5.69 Å². The van der Waals surface area contributed by atoms with Gasteiger partial charge in [-0.3, -0.25) is 10.1 Å². The molecule has 1 aliphatic rings. The molecule has 4 rings (SSSR count). The van der Waals surface area contributed by atoms with Crippen molar-refractivity contribution in [2.75, 3.05) is 0 Å². The van der Waals surface area contributed by atoms with Crippen molar-refractivity contribution in [3.8, 4) is 5.69 Å². The summed E-state index contributed by atoms with van der Waals surface area (Å²) in [4.78, 5) is 22.3. The lowest BCUT2D eigenvalue weighted by Gasteiger charge is -2.09. The molecule has 2 heterocycles. The molecule has 0 N–H and O–H groups in total. The van der Waals surface area contributed by atoms with Crippen molar-refractivity contribution in [3.63, 3.8) is 0 Å². The Morgan fingerprint density at radius 3 is 2.76 bits per heavy atom. The summed E-state index contributed by atoms with van der Waals surface area (Å²) >= 11 is 1.15. The molecule has 3 aromatic rings. The van der Waals surface area contributed by atoms with Crippen LogP contribution < -0.4 is 0 Å². The number of nitro groups is 1. The maximum absolute atomic E-state index is 12.0. The third-order valence-electron chi connectivity index (χ3n) is 3.59. The van der Waals surface area contributed by atoms with Gasteiger partial charge in [-0.25, -0.2) is 4.79 Å². The number of tetrazole rings is 1. The van der Waals surface area contributed by atoms with E-state index in [1.807, 2.05) is 30.3 Å². The van der Waals surface area contributed by atoms with Gasteiger partial charge in [0.2, 0.25) is 5.16 Å². The molecule has 9 nitrogen and oxygen atoms in total. The second-order valence-electron chi connectivity index (χ2n) is 5.09. The second-order valence-corrected chi connectivity index (χ2v) is 6.12. The molecular weight excluding hydrogens is 346 g/mol. The van der Waals surface area contributed by atoms with Crippen LogP contribution in [0.4, 0.5) is 5.69 Å². The van der Waals surface area contributed by atoms with Gasteiger partial charge in [-0.2, -0.15) is 4.68 Å². The monoisotopic (exact) mass is 355 g/mol. The van der Waals surface area contributed by atoms with Gasteiger partial charge in [0.25, 0.3) is 5.69 Å². The summed E-state index contributed by atoms with van der Waals surface area (Å²) in [6.45, 7) is 0. The van der Waals surface area contributed by atoms with E-state index in [1.54, 1.807) is 0 Å². The van der Waals surface area contributed by atoms with E-state index in [-0.39, 0.29) is 11.3 Å². The number of nitro benzene ring substituents is 1. The Morgan fingerprint density at radius 1 is 1.20 bits per heavy atom. The highest BCUT2D eigenvalue weighted by Gasteiger charge is 2.34. The number of benzene rings is 2. The van der Waals surface area contributed by atoms with Crippen molar-refractivity contribution in [2.45, 2.75) is 10.6 Å². The van der Waals surface area contributed by atoms with Crippen LogP contribution in [0.15, 0.2) is 53.7 Å². The number of aromatic nitrogens is 4. The molecule has 0 aliphatic carbocycles. The van der Waals surface area contributed by atoms with E-state index in [1.165, 1.54) is 22.9 Å². The normalized spacial score (nSPS) is 15.7. The van der Waals surface area contributed by atoms with Crippen molar-refractivity contribution in [2.24, 2.45) is 0 Å². The van der Waals surface area contributed by atoms with E-state index >= 15 is 0 Å². The van der Waals surface area contributed by atoms with Crippen LogP contribution in [0.1, 0.15) is 21.4 Å². The summed E-state index contributed by atoms with van der Waals surface area (Å²) in [5.41, 5.74) is 0.684. The van der Waals surface area contributed by atoms with Crippen LogP contribution in [0, 0.1) is 10.1 Å². The van der Waals surface area contributed by atoms with E-state index in [4.69, 9.17) is 4.74 Å². The van der Waals surface area contributed by atoms with E-state index in [0.717, 1.165) is 17.4 Å². The number of carbonyl (C=O) groups excluding carboxylic acids is 1. The zero-order chi connectivity index (χ0) is 17.4. The minimum atomic E-state index is -0.670. The summed E-state index contributed by atoms with van der Waals surface area (Å²) in [5.74, 6) is -0.602. The maximum Gasteiger partial charge on any atom is 0.340 e. The van der Waals surface area contributed by atoms with Crippen LogP contribution in [-0.2, 0) is 4.74 Å². The number of non-ortho nitro benzene ring substituents is 1. The number of hydrogen-bond acceptors (Lipinski definition) is 8. The van der Waals surface area contributed by atoms with Crippen LogP contribution in [-0.4, -0.2) is 31.1 Å². The van der Waals surface area contributed by atoms with Crippen LogP contribution >= 0.6 is 11.8 Å². The minimum absolute atomic E-state index is 0.157. The molecule has 0 saturated carbocycles. The smallest absolute Gasteiger partial charge is 0.340 e. The molecule has 0 fully saturated rings. The summed E-state index contributed by atoms with van der Waals surface area (Å²) in [6.07, 6.45) is 0. The van der Waals surface area contributed by atoms with Crippen LogP contribution in [0.5, 0.6) is 0 Å². The van der Waals surface area contributed by atoms with Gasteiger partial charge in [0.05, 0.1) is 16.2 Å². The predicted molar refractivity (Wildman–Crippen MR) is 86.3 cm³/mol. The molecule has 0 amide bonds. The first-order chi connectivity index (χ1) is 12.1. The van der Waals surface area contributed by atoms with E-state index < -0.39 is 16.3 Å². The lowest BCUT2D eigenvalue weighted by molar-refractivity contribution is -0.384.